The highest BCUT2D eigenvalue weighted by atomic mass is 32.2. The van der Waals surface area contributed by atoms with Crippen molar-refractivity contribution >= 4 is 33.0 Å². The van der Waals surface area contributed by atoms with Gasteiger partial charge in [-0.05, 0) is 66.9 Å². The summed E-state index contributed by atoms with van der Waals surface area (Å²) in [7, 11) is -1.82. The van der Waals surface area contributed by atoms with Gasteiger partial charge in [0.25, 0.3) is 15.9 Å². The van der Waals surface area contributed by atoms with Crippen LogP contribution in [0.2, 0.25) is 0 Å². The zero-order valence-corrected chi connectivity index (χ0v) is 18.1. The van der Waals surface area contributed by atoms with Crippen molar-refractivity contribution in [2.24, 2.45) is 0 Å². The lowest BCUT2D eigenvalue weighted by Crippen LogP contribution is -2.27. The molecule has 0 saturated carbocycles. The molecule has 2 heterocycles. The molecule has 0 spiro atoms. The quantitative estimate of drug-likeness (QED) is 0.612. The van der Waals surface area contributed by atoms with E-state index in [1.54, 1.807) is 53.9 Å². The summed E-state index contributed by atoms with van der Waals surface area (Å²) in [6, 6.07) is 17.7. The van der Waals surface area contributed by atoms with Crippen molar-refractivity contribution in [2.45, 2.75) is 17.1 Å². The Morgan fingerprint density at radius 3 is 2.27 bits per heavy atom. The van der Waals surface area contributed by atoms with Gasteiger partial charge in [-0.2, -0.15) is 4.31 Å². The van der Waals surface area contributed by atoms with Gasteiger partial charge in [0.2, 0.25) is 0 Å². The van der Waals surface area contributed by atoms with Crippen molar-refractivity contribution in [2.75, 3.05) is 25.5 Å². The van der Waals surface area contributed by atoms with Gasteiger partial charge in [0, 0.05) is 29.2 Å². The number of rotatable bonds is 6. The molecule has 1 aliphatic rings. The van der Waals surface area contributed by atoms with Gasteiger partial charge in [0.1, 0.15) is 9.96 Å². The lowest BCUT2D eigenvalue weighted by atomic mass is 10.1. The minimum Gasteiger partial charge on any atom is -0.497 e. The molecule has 0 aliphatic carbocycles. The molecule has 1 amide bonds. The van der Waals surface area contributed by atoms with Crippen molar-refractivity contribution in [1.29, 1.82) is 0 Å². The smallest absolute Gasteiger partial charge is 0.255 e. The Hall–Kier alpha value is -2.68. The minimum atomic E-state index is -3.41. The van der Waals surface area contributed by atoms with Gasteiger partial charge in [-0.3, -0.25) is 4.79 Å². The van der Waals surface area contributed by atoms with Crippen LogP contribution in [0.15, 0.2) is 64.9 Å². The second kappa shape index (κ2) is 8.59. The average Bonchev–Trinajstić information content (AvgIpc) is 3.47. The number of sulfonamides is 1. The summed E-state index contributed by atoms with van der Waals surface area (Å²) in [4.78, 5) is 13.3. The normalized spacial score (nSPS) is 14.6. The highest BCUT2D eigenvalue weighted by Crippen LogP contribution is 2.33. The zero-order chi connectivity index (χ0) is 21.1. The summed E-state index contributed by atoms with van der Waals surface area (Å²) in [5, 5.41) is 2.85. The number of thiophene rings is 1. The van der Waals surface area contributed by atoms with Crippen molar-refractivity contribution in [3.05, 3.63) is 66.2 Å². The number of benzene rings is 2. The monoisotopic (exact) mass is 442 g/mol. The minimum absolute atomic E-state index is 0.213. The van der Waals surface area contributed by atoms with E-state index in [1.807, 2.05) is 18.2 Å². The van der Waals surface area contributed by atoms with Crippen molar-refractivity contribution in [3.63, 3.8) is 0 Å². The maximum absolute atomic E-state index is 12.7. The van der Waals surface area contributed by atoms with Crippen LogP contribution in [0.25, 0.3) is 10.4 Å². The van der Waals surface area contributed by atoms with E-state index < -0.39 is 10.0 Å². The van der Waals surface area contributed by atoms with Gasteiger partial charge >= 0.3 is 0 Å². The number of nitrogens with zero attached hydrogens (tertiary/aromatic N) is 1. The van der Waals surface area contributed by atoms with E-state index in [9.17, 15) is 13.2 Å². The third kappa shape index (κ3) is 4.26. The van der Waals surface area contributed by atoms with Crippen LogP contribution >= 0.6 is 11.3 Å². The number of methoxy groups -OCH3 is 1. The van der Waals surface area contributed by atoms with E-state index in [-0.39, 0.29) is 5.91 Å². The number of nitrogens with one attached hydrogen (secondary N) is 1. The van der Waals surface area contributed by atoms with Crippen molar-refractivity contribution in [3.8, 4) is 16.2 Å². The van der Waals surface area contributed by atoms with Crippen LogP contribution < -0.4 is 10.1 Å². The highest BCUT2D eigenvalue weighted by Gasteiger charge is 2.28. The molecule has 8 heteroatoms. The lowest BCUT2D eigenvalue weighted by molar-refractivity contribution is 0.102. The highest BCUT2D eigenvalue weighted by molar-refractivity contribution is 7.91. The van der Waals surface area contributed by atoms with Crippen LogP contribution in [0.5, 0.6) is 5.75 Å². The predicted octanol–water partition coefficient (Wildman–Crippen LogP) is 4.46. The van der Waals surface area contributed by atoms with Crippen LogP contribution in [-0.4, -0.2) is 38.8 Å². The van der Waals surface area contributed by atoms with Gasteiger partial charge in [-0.25, -0.2) is 8.42 Å². The third-order valence-electron chi connectivity index (χ3n) is 5.02. The number of carbonyl (C=O) groups excluding carboxylic acids is 1. The SMILES string of the molecule is COc1ccc(NC(=O)c2ccc(-c3ccc(S(=O)(=O)N4CCCC4)s3)cc2)cc1. The summed E-state index contributed by atoms with van der Waals surface area (Å²) in [6.07, 6.45) is 1.83. The molecule has 0 radical (unpaired) electrons. The number of carbonyl (C=O) groups is 1. The van der Waals surface area contributed by atoms with Gasteiger partial charge in [-0.1, -0.05) is 12.1 Å². The number of anilines is 1. The van der Waals surface area contributed by atoms with E-state index in [0.717, 1.165) is 29.0 Å². The largest absolute Gasteiger partial charge is 0.497 e. The maximum atomic E-state index is 12.7. The summed E-state index contributed by atoms with van der Waals surface area (Å²) < 4.78 is 32.5. The molecule has 4 rings (SSSR count). The van der Waals surface area contributed by atoms with Crippen LogP contribution in [-0.2, 0) is 10.0 Å². The Kier molecular flexibility index (Phi) is 5.90. The average molecular weight is 443 g/mol. The van der Waals surface area contributed by atoms with E-state index >= 15 is 0 Å². The fourth-order valence-electron chi connectivity index (χ4n) is 3.33. The number of hydrogen-bond donors (Lipinski definition) is 1. The summed E-state index contributed by atoms with van der Waals surface area (Å²) in [5.41, 5.74) is 2.08. The molecule has 1 aliphatic heterocycles. The fourth-order valence-corrected chi connectivity index (χ4v) is 6.32. The van der Waals surface area contributed by atoms with E-state index in [0.29, 0.717) is 28.5 Å². The Balaban J connectivity index is 1.47. The zero-order valence-electron chi connectivity index (χ0n) is 16.5. The van der Waals surface area contributed by atoms with Crippen LogP contribution in [0.3, 0.4) is 0 Å². The second-order valence-corrected chi connectivity index (χ2v) is 10.2. The van der Waals surface area contributed by atoms with E-state index in [4.69, 9.17) is 4.74 Å². The van der Waals surface area contributed by atoms with Crippen molar-refractivity contribution in [1.82, 2.24) is 4.31 Å². The predicted molar refractivity (Wildman–Crippen MR) is 119 cm³/mol. The Morgan fingerprint density at radius 2 is 1.63 bits per heavy atom. The summed E-state index contributed by atoms with van der Waals surface area (Å²) in [5.74, 6) is 0.509. The summed E-state index contributed by atoms with van der Waals surface area (Å²) in [6.45, 7) is 1.18. The first kappa shape index (κ1) is 20.6. The number of hydrogen-bond acceptors (Lipinski definition) is 5. The molecule has 6 nitrogen and oxygen atoms in total. The molecule has 2 aromatic carbocycles. The number of ether oxygens (including phenoxy) is 1. The second-order valence-electron chi connectivity index (χ2n) is 6.99. The first-order valence-electron chi connectivity index (χ1n) is 9.63. The molecule has 3 aromatic rings. The molecule has 1 N–H and O–H groups in total. The lowest BCUT2D eigenvalue weighted by Gasteiger charge is -2.13. The molecule has 0 unspecified atom stereocenters. The van der Waals surface area contributed by atoms with Gasteiger partial charge in [0.05, 0.1) is 7.11 Å². The summed E-state index contributed by atoms with van der Waals surface area (Å²) >= 11 is 1.26. The third-order valence-corrected chi connectivity index (χ3v) is 8.52. The Morgan fingerprint density at radius 1 is 0.967 bits per heavy atom. The molecular weight excluding hydrogens is 420 g/mol. The van der Waals surface area contributed by atoms with Crippen LogP contribution in [0.1, 0.15) is 23.2 Å². The van der Waals surface area contributed by atoms with Gasteiger partial charge in [0.15, 0.2) is 0 Å². The van der Waals surface area contributed by atoms with E-state index in [2.05, 4.69) is 5.32 Å². The molecule has 30 heavy (non-hydrogen) atoms. The van der Waals surface area contributed by atoms with Gasteiger partial charge in [-0.15, -0.1) is 11.3 Å². The van der Waals surface area contributed by atoms with Crippen LogP contribution in [0, 0.1) is 0 Å². The first-order valence-corrected chi connectivity index (χ1v) is 11.9. The Bertz CT molecular complexity index is 1130. The molecule has 1 fully saturated rings. The standard InChI is InChI=1S/C22H22N2O4S2/c1-28-19-10-8-18(9-11-19)23-22(25)17-6-4-16(5-7-17)20-12-13-21(29-20)30(26,27)24-14-2-3-15-24/h4-13H,2-3,14-15H2,1H3,(H,23,25). The molecule has 0 bridgehead atoms. The molecule has 1 saturated heterocycles. The van der Waals surface area contributed by atoms with Crippen LogP contribution in [0.4, 0.5) is 5.69 Å². The molecule has 156 valence electrons. The van der Waals surface area contributed by atoms with Gasteiger partial charge < -0.3 is 10.1 Å². The van der Waals surface area contributed by atoms with Crippen molar-refractivity contribution < 1.29 is 17.9 Å². The molecular formula is C22H22N2O4S2. The molecule has 0 atom stereocenters. The Labute approximate surface area is 180 Å². The molecule has 1 aromatic heterocycles. The first-order chi connectivity index (χ1) is 14.5. The topological polar surface area (TPSA) is 75.7 Å². The number of amides is 1. The van der Waals surface area contributed by atoms with E-state index in [1.165, 1.54) is 11.3 Å². The maximum Gasteiger partial charge on any atom is 0.255 e. The fraction of sp³-hybridized carbons (Fsp3) is 0.227.